The van der Waals surface area contributed by atoms with E-state index in [1.807, 2.05) is 192 Å². The smallest absolute Gasteiger partial charge is 0.252 e. The number of nitrogens with zero attached hydrogens (tertiary/aromatic N) is 6. The van der Waals surface area contributed by atoms with Crippen molar-refractivity contribution in [2.45, 2.75) is 26.2 Å². The van der Waals surface area contributed by atoms with Gasteiger partial charge in [0.2, 0.25) is 0 Å². The van der Waals surface area contributed by atoms with Crippen molar-refractivity contribution in [2.75, 3.05) is 9.80 Å². The summed E-state index contributed by atoms with van der Waals surface area (Å²) in [6.45, 7) is 4.65. The molecule has 2 aliphatic rings. The van der Waals surface area contributed by atoms with E-state index in [0.29, 0.717) is 83.6 Å². The van der Waals surface area contributed by atoms with Crippen LogP contribution in [-0.4, -0.2) is 24.8 Å². The second kappa shape index (κ2) is 28.9. The minimum atomic E-state index is -1.72. The van der Waals surface area contributed by atoms with Crippen LogP contribution in [0.5, 0.6) is 0 Å². The van der Waals surface area contributed by atoms with Crippen molar-refractivity contribution in [3.8, 4) is 95.0 Å². The Bertz CT molecular complexity index is 10100. The van der Waals surface area contributed by atoms with Crippen LogP contribution < -0.4 is 26.2 Å². The molecule has 0 N–H and O–H groups in total. The first-order valence-corrected chi connectivity index (χ1v) is 44.0. The van der Waals surface area contributed by atoms with Gasteiger partial charge < -0.3 is 27.9 Å². The lowest BCUT2D eigenvalue weighted by molar-refractivity contribution is 0.591. The maximum Gasteiger partial charge on any atom is 0.252 e. The van der Waals surface area contributed by atoms with E-state index < -0.39 is 144 Å². The van der Waals surface area contributed by atoms with Crippen molar-refractivity contribution in [3.63, 3.8) is 0 Å². The lowest BCUT2D eigenvalue weighted by Gasteiger charge is -2.46. The number of aromatic nitrogens is 4. The maximum atomic E-state index is 12.4. The number of rotatable bonds is 12. The highest BCUT2D eigenvalue weighted by atomic mass is 15.2. The fourth-order valence-corrected chi connectivity index (χ4v) is 20.8. The highest BCUT2D eigenvalue weighted by molar-refractivity contribution is 7.00. The molecule has 6 nitrogen and oxygen atoms in total. The summed E-state index contributed by atoms with van der Waals surface area (Å²) in [5.41, 5.74) is 11.1. The molecule has 20 aromatic carbocycles. The number of anilines is 6. The molecule has 2 aliphatic heterocycles. The van der Waals surface area contributed by atoms with Gasteiger partial charge in [-0.15, -0.1) is 0 Å². The topological polar surface area (TPSA) is 25.7 Å². The molecule has 0 bridgehead atoms. The number of para-hydroxylation sites is 7. The average Bonchev–Trinajstić information content (AvgIpc) is 1.50. The van der Waals surface area contributed by atoms with Gasteiger partial charge in [-0.05, 0) is 216 Å². The molecule has 27 rings (SSSR count). The number of benzene rings is 20. The Kier molecular flexibility index (Phi) is 12.6. The van der Waals surface area contributed by atoms with Gasteiger partial charge in [0, 0.05) is 116 Å². The van der Waals surface area contributed by atoms with E-state index in [2.05, 4.69) is 115 Å². The molecule has 0 saturated heterocycles. The Labute approximate surface area is 787 Å². The molecule has 0 fully saturated rings. The number of hydrogen-bond acceptors (Lipinski definition) is 2. The van der Waals surface area contributed by atoms with Crippen molar-refractivity contribution in [1.82, 2.24) is 18.1 Å². The van der Waals surface area contributed by atoms with Gasteiger partial charge in [-0.3, -0.25) is 0 Å². The zero-order valence-electron chi connectivity index (χ0n) is 90.9. The lowest BCUT2D eigenvalue weighted by atomic mass is 9.33. The molecule has 0 atom stereocenters. The summed E-state index contributed by atoms with van der Waals surface area (Å²) < 4.78 is 220. The summed E-state index contributed by atoms with van der Waals surface area (Å²) in [6, 6.07) is 93.8. The maximum absolute atomic E-state index is 12.4. The standard InChI is InChI=1S/C124H83BN6/c1-124(2,3)88-74-100(82-38-15-7-16-39-82)122(101(75-88)83-40-17-8-18-41-83)131-117-77-91(128-111-53-28-22-45-97(111)103-69-85(59-67-115(103)128)79-34-11-5-12-35-79)63-65-107(117)125-106-64-62-90(127-110-52-27-21-44-96(110)102-68-84(58-66-114(102)127)78-32-9-4-10-33-78)76-116(106)130(118-72-86(73-119(131)120(118)125)80-56-60-89(61-57-80)126-108-50-25-19-42-94(108)95-43-20-26-51-109(95)126)121-92(81-36-13-6-14-37-81)48-31-49-93(121)87-70-104-98-46-23-29-54-112(98)129-113-55-30-24-47-99(113)105(71-87)123(104)129/h4-77H,1-3H3/i21D,22D,27D,28D,44D,45D,52D,53D,58D,59D,62D,63D,64D,65D,66D,67D,68D,69D,76D,77D. The van der Waals surface area contributed by atoms with Gasteiger partial charge in [0.05, 0.1) is 88.4 Å². The molecular weight excluding hydrogens is 1580 g/mol. The molecular formula is C124H83BN6. The predicted molar refractivity (Wildman–Crippen MR) is 555 cm³/mol. The van der Waals surface area contributed by atoms with Gasteiger partial charge in [0.1, 0.15) is 0 Å². The summed E-state index contributed by atoms with van der Waals surface area (Å²) in [6.07, 6.45) is 0. The van der Waals surface area contributed by atoms with Crippen molar-refractivity contribution in [1.29, 1.82) is 0 Å². The van der Waals surface area contributed by atoms with E-state index >= 15 is 0 Å². The van der Waals surface area contributed by atoms with E-state index in [-0.39, 0.29) is 88.4 Å². The van der Waals surface area contributed by atoms with Gasteiger partial charge in [-0.2, -0.15) is 0 Å². The van der Waals surface area contributed by atoms with E-state index in [4.69, 9.17) is 0 Å². The molecule has 0 unspecified atom stereocenters. The summed E-state index contributed by atoms with van der Waals surface area (Å²) in [7, 11) is 0. The van der Waals surface area contributed by atoms with E-state index in [9.17, 15) is 27.4 Å². The van der Waals surface area contributed by atoms with Crippen molar-refractivity contribution in [3.05, 3.63) is 454 Å². The fraction of sp³-hybridized carbons (Fsp3) is 0.0323. The fourth-order valence-electron chi connectivity index (χ4n) is 20.8. The Hall–Kier alpha value is -16.7. The van der Waals surface area contributed by atoms with Gasteiger partial charge in [0.25, 0.3) is 6.71 Å². The SMILES string of the molecule is [2H]c1c([2H])c(-n2c3c([2H])c([2H])c([2H])c([2H])c3c3c([2H])c(-c4ccccc4)c([2H])c([2H])c32)c([2H])c2c1B1c3c(cc(-c4ccc(-n5c6ccccc6c6ccccc65)cc4)cc3N(c3c(-c4ccccc4)cc(C(C)(C)C)cc3-c3ccccc3)c3c([2H])c(-n4c5c([2H])c([2H])c([2H])c([2H])c5c5c([2H])c(-c6ccccc6)c([2H])c([2H])c54)c([2H])c([2H])c31)N2c1c(-c2ccccc2)cccc1-c1cc2c3ccccc3n3c4ccccc4c(c1)c23. The van der Waals surface area contributed by atoms with Crippen LogP contribution in [0.25, 0.3) is 198 Å². The van der Waals surface area contributed by atoms with Crippen LogP contribution in [0.3, 0.4) is 0 Å². The van der Waals surface area contributed by atoms with Crippen LogP contribution in [0.1, 0.15) is 53.7 Å². The molecule has 5 aromatic heterocycles. The molecule has 0 radical (unpaired) electrons. The van der Waals surface area contributed by atoms with E-state index in [0.717, 1.165) is 71.2 Å². The summed E-state index contributed by atoms with van der Waals surface area (Å²) in [5, 5.41) is 4.82. The predicted octanol–water partition coefficient (Wildman–Crippen LogP) is 31.2. The second-order valence-electron chi connectivity index (χ2n) is 35.0. The van der Waals surface area contributed by atoms with E-state index in [1.165, 1.54) is 9.13 Å². The van der Waals surface area contributed by atoms with Crippen LogP contribution in [0, 0.1) is 0 Å². The zero-order valence-corrected chi connectivity index (χ0v) is 70.9. The third-order valence-corrected chi connectivity index (χ3v) is 26.7. The summed E-state index contributed by atoms with van der Waals surface area (Å²) in [4.78, 5) is 3.90. The quantitative estimate of drug-likeness (QED) is 0.114. The lowest BCUT2D eigenvalue weighted by Crippen LogP contribution is -2.61. The van der Waals surface area contributed by atoms with E-state index in [1.54, 1.807) is 60.7 Å². The molecule has 25 aromatic rings. The Morgan fingerprint density at radius 2 is 0.611 bits per heavy atom. The first-order valence-electron chi connectivity index (χ1n) is 54.0. The number of hydrogen-bond donors (Lipinski definition) is 0. The first kappa shape index (κ1) is 57.1. The minimum absolute atomic E-state index is 0.0400. The van der Waals surface area contributed by atoms with Gasteiger partial charge >= 0.3 is 0 Å². The highest BCUT2D eigenvalue weighted by Gasteiger charge is 2.47. The molecule has 7 heteroatoms. The molecule has 7 heterocycles. The zero-order chi connectivity index (χ0) is 104. The van der Waals surface area contributed by atoms with Crippen LogP contribution in [-0.2, 0) is 5.41 Å². The highest BCUT2D eigenvalue weighted by Crippen LogP contribution is 2.57. The minimum Gasteiger partial charge on any atom is -0.310 e. The molecule has 131 heavy (non-hydrogen) atoms. The molecule has 0 amide bonds. The Morgan fingerprint density at radius 1 is 0.237 bits per heavy atom. The van der Waals surface area contributed by atoms with Crippen LogP contribution in [0.15, 0.2) is 448 Å². The van der Waals surface area contributed by atoms with Crippen molar-refractivity contribution < 1.29 is 27.4 Å². The van der Waals surface area contributed by atoms with Crippen molar-refractivity contribution in [2.24, 2.45) is 0 Å². The molecule has 612 valence electrons. The molecule has 0 aliphatic carbocycles. The van der Waals surface area contributed by atoms with Crippen LogP contribution in [0.2, 0.25) is 0 Å². The second-order valence-corrected chi connectivity index (χ2v) is 35.0. The Balaban J connectivity index is 0.881. The summed E-state index contributed by atoms with van der Waals surface area (Å²) in [5.74, 6) is 0. The molecule has 0 saturated carbocycles. The third kappa shape index (κ3) is 11.4. The first-order chi connectivity index (χ1) is 73.0. The largest absolute Gasteiger partial charge is 0.310 e. The Morgan fingerprint density at radius 3 is 1.07 bits per heavy atom. The van der Waals surface area contributed by atoms with Gasteiger partial charge in [-0.25, -0.2) is 0 Å². The third-order valence-electron chi connectivity index (χ3n) is 26.7. The monoisotopic (exact) mass is 1690 g/mol. The van der Waals surface area contributed by atoms with Gasteiger partial charge in [-0.1, -0.05) is 336 Å². The average molecular weight is 1690 g/mol. The summed E-state index contributed by atoms with van der Waals surface area (Å²) >= 11 is 0. The van der Waals surface area contributed by atoms with Crippen LogP contribution in [0.4, 0.5) is 34.1 Å². The van der Waals surface area contributed by atoms with Crippen molar-refractivity contribution >= 4 is 161 Å². The van der Waals surface area contributed by atoms with Gasteiger partial charge in [0.15, 0.2) is 0 Å². The molecule has 0 spiro atoms. The number of fused-ring (bicyclic) bond motifs is 19. The normalized spacial score (nSPS) is 14.8. The van der Waals surface area contributed by atoms with Crippen LogP contribution >= 0.6 is 0 Å².